The van der Waals surface area contributed by atoms with Crippen LogP contribution in [0.15, 0.2) is 60.7 Å². The van der Waals surface area contributed by atoms with Crippen LogP contribution in [0.25, 0.3) is 0 Å². The van der Waals surface area contributed by atoms with Crippen molar-refractivity contribution in [2.24, 2.45) is 0 Å². The van der Waals surface area contributed by atoms with E-state index in [1.54, 1.807) is 75.4 Å². The SMILES string of the molecule is CC(C)(C)OC(=O)CC[C@@](NC(=O)OCc1ccccc1)(Nc1ccccc1)C(=O)O. The first-order valence-corrected chi connectivity index (χ1v) is 9.87. The van der Waals surface area contributed by atoms with E-state index in [0.717, 1.165) is 5.56 Å². The van der Waals surface area contributed by atoms with Gasteiger partial charge in [0, 0.05) is 12.1 Å². The number of nitrogens with one attached hydrogen (secondary N) is 2. The Morgan fingerprint density at radius 2 is 1.52 bits per heavy atom. The molecule has 3 N–H and O–H groups in total. The molecule has 0 aliphatic rings. The molecule has 0 saturated carbocycles. The maximum Gasteiger partial charge on any atom is 0.409 e. The average Bonchev–Trinajstić information content (AvgIpc) is 2.70. The number of rotatable bonds is 9. The highest BCUT2D eigenvalue weighted by atomic mass is 16.6. The predicted molar refractivity (Wildman–Crippen MR) is 115 cm³/mol. The molecule has 2 aromatic carbocycles. The van der Waals surface area contributed by atoms with Gasteiger partial charge in [0.2, 0.25) is 5.66 Å². The van der Waals surface area contributed by atoms with Crippen molar-refractivity contribution in [3.05, 3.63) is 66.2 Å². The van der Waals surface area contributed by atoms with Gasteiger partial charge in [-0.15, -0.1) is 0 Å². The first-order chi connectivity index (χ1) is 14.6. The van der Waals surface area contributed by atoms with Gasteiger partial charge in [-0.3, -0.25) is 10.1 Å². The van der Waals surface area contributed by atoms with E-state index in [1.165, 1.54) is 0 Å². The lowest BCUT2D eigenvalue weighted by Crippen LogP contribution is -2.60. The highest BCUT2D eigenvalue weighted by Gasteiger charge is 2.41. The smallest absolute Gasteiger partial charge is 0.409 e. The van der Waals surface area contributed by atoms with E-state index in [1.807, 2.05) is 6.07 Å². The number of para-hydroxylation sites is 1. The molecule has 2 aromatic rings. The van der Waals surface area contributed by atoms with Gasteiger partial charge in [-0.1, -0.05) is 48.5 Å². The van der Waals surface area contributed by atoms with Gasteiger partial charge >= 0.3 is 18.0 Å². The Morgan fingerprint density at radius 1 is 0.935 bits per heavy atom. The van der Waals surface area contributed by atoms with Gasteiger partial charge in [-0.25, -0.2) is 9.59 Å². The molecule has 31 heavy (non-hydrogen) atoms. The number of esters is 1. The summed E-state index contributed by atoms with van der Waals surface area (Å²) in [6.07, 6.45) is -1.42. The molecule has 8 heteroatoms. The van der Waals surface area contributed by atoms with Crippen LogP contribution in [0, 0.1) is 0 Å². The van der Waals surface area contributed by atoms with Crippen molar-refractivity contribution in [3.63, 3.8) is 0 Å². The minimum absolute atomic E-state index is 0.0280. The third-order valence-corrected chi connectivity index (χ3v) is 4.15. The van der Waals surface area contributed by atoms with Crippen molar-refractivity contribution in [2.45, 2.75) is 51.5 Å². The van der Waals surface area contributed by atoms with Crippen LogP contribution in [0.3, 0.4) is 0 Å². The van der Waals surface area contributed by atoms with Crippen molar-refractivity contribution in [1.82, 2.24) is 5.32 Å². The Morgan fingerprint density at radius 3 is 2.06 bits per heavy atom. The molecule has 0 fully saturated rings. The van der Waals surface area contributed by atoms with Gasteiger partial charge in [0.1, 0.15) is 12.2 Å². The molecule has 1 amide bonds. The first kappa shape index (κ1) is 23.7. The maximum absolute atomic E-state index is 12.4. The van der Waals surface area contributed by atoms with E-state index in [4.69, 9.17) is 9.47 Å². The topological polar surface area (TPSA) is 114 Å². The summed E-state index contributed by atoms with van der Waals surface area (Å²) in [7, 11) is 0. The summed E-state index contributed by atoms with van der Waals surface area (Å²) >= 11 is 0. The molecule has 166 valence electrons. The second kappa shape index (κ2) is 10.5. The number of ether oxygens (including phenoxy) is 2. The normalized spacial score (nSPS) is 12.9. The van der Waals surface area contributed by atoms with Crippen LogP contribution < -0.4 is 10.6 Å². The van der Waals surface area contributed by atoms with Gasteiger partial charge in [0.25, 0.3) is 0 Å². The van der Waals surface area contributed by atoms with Crippen LogP contribution in [-0.2, 0) is 25.7 Å². The zero-order chi connectivity index (χ0) is 22.9. The van der Waals surface area contributed by atoms with Crippen molar-refractivity contribution >= 4 is 23.7 Å². The predicted octanol–water partition coefficient (Wildman–Crippen LogP) is 3.93. The van der Waals surface area contributed by atoms with Crippen LogP contribution in [0.5, 0.6) is 0 Å². The third-order valence-electron chi connectivity index (χ3n) is 4.15. The minimum Gasteiger partial charge on any atom is -0.478 e. The van der Waals surface area contributed by atoms with E-state index in [-0.39, 0.29) is 19.4 Å². The quantitative estimate of drug-likeness (QED) is 0.410. The summed E-state index contributed by atoms with van der Waals surface area (Å²) < 4.78 is 10.5. The molecule has 0 unspecified atom stereocenters. The summed E-state index contributed by atoms with van der Waals surface area (Å²) in [6.45, 7) is 5.13. The number of benzene rings is 2. The van der Waals surface area contributed by atoms with Gasteiger partial charge in [0.05, 0.1) is 6.42 Å². The number of amides is 1. The molecule has 0 saturated heterocycles. The standard InChI is InChI=1S/C23H28N2O6/c1-22(2,3)31-19(26)14-15-23(20(27)28,24-18-12-8-5-9-13-18)25-21(29)30-16-17-10-6-4-7-11-17/h4-13,24H,14-16H2,1-3H3,(H,25,29)(H,27,28)/t23-/m0/s1. The van der Waals surface area contributed by atoms with Gasteiger partial charge in [-0.05, 0) is 38.5 Å². The summed E-state index contributed by atoms with van der Waals surface area (Å²) in [5.74, 6) is -1.94. The number of anilines is 1. The van der Waals surface area contributed by atoms with E-state index in [9.17, 15) is 19.5 Å². The Labute approximate surface area is 181 Å². The lowest BCUT2D eigenvalue weighted by Gasteiger charge is -2.32. The summed E-state index contributed by atoms with van der Waals surface area (Å²) in [6, 6.07) is 17.5. The average molecular weight is 428 g/mol. The third kappa shape index (κ3) is 8.00. The molecule has 8 nitrogen and oxygen atoms in total. The molecule has 1 atom stereocenters. The summed E-state index contributed by atoms with van der Waals surface area (Å²) in [5.41, 5.74) is -1.48. The molecular weight excluding hydrogens is 400 g/mol. The molecule has 0 bridgehead atoms. The Kier molecular flexibility index (Phi) is 8.01. The highest BCUT2D eigenvalue weighted by molar-refractivity contribution is 5.87. The fraction of sp³-hybridized carbons (Fsp3) is 0.348. The Bertz CT molecular complexity index is 880. The fourth-order valence-electron chi connectivity index (χ4n) is 2.75. The van der Waals surface area contributed by atoms with Gasteiger partial charge in [-0.2, -0.15) is 0 Å². The number of carboxylic acids is 1. The van der Waals surface area contributed by atoms with Crippen LogP contribution in [0.4, 0.5) is 10.5 Å². The lowest BCUT2D eigenvalue weighted by atomic mass is 10.0. The van der Waals surface area contributed by atoms with Crippen LogP contribution in [0.2, 0.25) is 0 Å². The summed E-state index contributed by atoms with van der Waals surface area (Å²) in [4.78, 5) is 36.9. The second-order valence-corrected chi connectivity index (χ2v) is 7.97. The molecule has 2 rings (SSSR count). The second-order valence-electron chi connectivity index (χ2n) is 7.97. The molecule has 0 radical (unpaired) electrons. The highest BCUT2D eigenvalue weighted by Crippen LogP contribution is 2.21. The first-order valence-electron chi connectivity index (χ1n) is 9.87. The Balaban J connectivity index is 2.16. The van der Waals surface area contributed by atoms with E-state index in [2.05, 4.69) is 10.6 Å². The zero-order valence-corrected chi connectivity index (χ0v) is 17.9. The number of hydrogen-bond acceptors (Lipinski definition) is 6. The maximum atomic E-state index is 12.4. The summed E-state index contributed by atoms with van der Waals surface area (Å²) in [5, 5.41) is 15.2. The monoisotopic (exact) mass is 428 g/mol. The van der Waals surface area contributed by atoms with Crippen LogP contribution in [-0.4, -0.2) is 34.4 Å². The van der Waals surface area contributed by atoms with Crippen molar-refractivity contribution in [2.75, 3.05) is 5.32 Å². The number of hydrogen-bond donors (Lipinski definition) is 3. The molecule has 0 spiro atoms. The molecule has 0 aromatic heterocycles. The van der Waals surface area contributed by atoms with E-state index >= 15 is 0 Å². The van der Waals surface area contributed by atoms with Crippen molar-refractivity contribution in [1.29, 1.82) is 0 Å². The molecule has 0 aliphatic heterocycles. The van der Waals surface area contributed by atoms with Gasteiger partial charge < -0.3 is 19.9 Å². The minimum atomic E-state index is -1.98. The van der Waals surface area contributed by atoms with Crippen LogP contribution in [0.1, 0.15) is 39.2 Å². The lowest BCUT2D eigenvalue weighted by molar-refractivity contribution is -0.155. The number of carbonyl (C=O) groups is 3. The zero-order valence-electron chi connectivity index (χ0n) is 17.9. The van der Waals surface area contributed by atoms with E-state index < -0.39 is 29.3 Å². The number of alkyl carbamates (subject to hydrolysis) is 1. The van der Waals surface area contributed by atoms with E-state index in [0.29, 0.717) is 5.69 Å². The number of carbonyl (C=O) groups excluding carboxylic acids is 2. The largest absolute Gasteiger partial charge is 0.478 e. The molecular formula is C23H28N2O6. The fourth-order valence-corrected chi connectivity index (χ4v) is 2.75. The number of aliphatic carboxylic acids is 1. The van der Waals surface area contributed by atoms with Crippen LogP contribution >= 0.6 is 0 Å². The van der Waals surface area contributed by atoms with Gasteiger partial charge in [0.15, 0.2) is 0 Å². The Hall–Kier alpha value is -3.55. The van der Waals surface area contributed by atoms with Crippen molar-refractivity contribution < 1.29 is 29.0 Å². The van der Waals surface area contributed by atoms with Crippen molar-refractivity contribution in [3.8, 4) is 0 Å². The molecule has 0 aliphatic carbocycles. The molecule has 0 heterocycles. The number of carboxylic acid groups (broad SMARTS) is 1.